The lowest BCUT2D eigenvalue weighted by molar-refractivity contribution is 0.102. The summed E-state index contributed by atoms with van der Waals surface area (Å²) in [6.07, 6.45) is 0. The van der Waals surface area contributed by atoms with Crippen LogP contribution in [0.2, 0.25) is 0 Å². The van der Waals surface area contributed by atoms with E-state index in [4.69, 9.17) is 4.42 Å². The number of hydrogen-bond donors (Lipinski definition) is 1. The highest BCUT2D eigenvalue weighted by atomic mass is 32.2. The maximum absolute atomic E-state index is 14.5. The van der Waals surface area contributed by atoms with Crippen LogP contribution in [0, 0.1) is 5.82 Å². The van der Waals surface area contributed by atoms with Gasteiger partial charge in [-0.05, 0) is 48.0 Å². The number of furan rings is 1. The molecule has 0 atom stereocenters. The number of hydrogen-bond acceptors (Lipinski definition) is 4. The second kappa shape index (κ2) is 9.68. The summed E-state index contributed by atoms with van der Waals surface area (Å²) in [5.74, 6) is -0.973. The molecule has 0 saturated carbocycles. The predicted molar refractivity (Wildman–Crippen MR) is 143 cm³/mol. The first-order valence-corrected chi connectivity index (χ1v) is 12.9. The molecule has 4 aromatic carbocycles. The highest BCUT2D eigenvalue weighted by Crippen LogP contribution is 2.30. The second-order valence-electron chi connectivity index (χ2n) is 8.71. The number of anilines is 2. The van der Waals surface area contributed by atoms with E-state index in [1.807, 2.05) is 36.4 Å². The van der Waals surface area contributed by atoms with Crippen molar-refractivity contribution in [2.45, 2.75) is 6.54 Å². The summed E-state index contributed by atoms with van der Waals surface area (Å²) in [5.41, 5.74) is 2.96. The molecular formula is C28H24FN3O4S. The molecular weight excluding hydrogens is 493 g/mol. The number of nitrogens with zero attached hydrogens (tertiary/aromatic N) is 2. The zero-order chi connectivity index (χ0) is 26.2. The van der Waals surface area contributed by atoms with E-state index in [9.17, 15) is 17.6 Å². The number of fused-ring (bicyclic) bond motifs is 3. The van der Waals surface area contributed by atoms with Gasteiger partial charge in [0.2, 0.25) is 0 Å². The number of carbonyl (C=O) groups is 1. The number of rotatable bonds is 7. The standard InChI is InChI=1S/C28H24FN3O4S/c1-31(2)37(34,35)32(25-9-5-4-8-24(25)29)18-19-11-13-20(14-12-19)28(33)30-21-15-16-23-22-7-3-6-10-26(22)36-27(23)17-21/h3-17H,18H2,1-2H3,(H,30,33). The van der Waals surface area contributed by atoms with Crippen LogP contribution in [-0.4, -0.2) is 32.7 Å². The Bertz CT molecular complexity index is 1710. The molecule has 5 rings (SSSR count). The lowest BCUT2D eigenvalue weighted by atomic mass is 10.1. The minimum absolute atomic E-state index is 0.0565. The minimum atomic E-state index is -3.97. The lowest BCUT2D eigenvalue weighted by Gasteiger charge is -2.27. The van der Waals surface area contributed by atoms with E-state index in [0.29, 0.717) is 22.4 Å². The van der Waals surface area contributed by atoms with Crippen molar-refractivity contribution in [1.82, 2.24) is 4.31 Å². The molecule has 1 aromatic heterocycles. The molecule has 0 aliphatic rings. The third-order valence-corrected chi connectivity index (χ3v) is 7.85. The van der Waals surface area contributed by atoms with Gasteiger partial charge in [0.05, 0.1) is 12.2 Å². The fourth-order valence-corrected chi connectivity index (χ4v) is 5.18. The first-order valence-electron chi connectivity index (χ1n) is 11.5. The van der Waals surface area contributed by atoms with Crippen molar-refractivity contribution in [3.63, 3.8) is 0 Å². The summed E-state index contributed by atoms with van der Waals surface area (Å²) < 4.78 is 48.3. The number of amides is 1. The number of para-hydroxylation sites is 2. The molecule has 37 heavy (non-hydrogen) atoms. The number of halogens is 1. The fourth-order valence-electron chi connectivity index (χ4n) is 4.08. The molecule has 1 N–H and O–H groups in total. The van der Waals surface area contributed by atoms with Gasteiger partial charge >= 0.3 is 10.2 Å². The van der Waals surface area contributed by atoms with E-state index in [2.05, 4.69) is 5.32 Å². The van der Waals surface area contributed by atoms with Crippen LogP contribution in [0.5, 0.6) is 0 Å². The van der Waals surface area contributed by atoms with Gasteiger partial charge in [0.1, 0.15) is 17.0 Å². The Morgan fingerprint density at radius 2 is 1.54 bits per heavy atom. The third kappa shape index (κ3) is 4.78. The minimum Gasteiger partial charge on any atom is -0.456 e. The van der Waals surface area contributed by atoms with E-state index in [1.54, 1.807) is 36.4 Å². The molecule has 7 nitrogen and oxygen atoms in total. The lowest BCUT2D eigenvalue weighted by Crippen LogP contribution is -2.40. The van der Waals surface area contributed by atoms with Gasteiger partial charge in [-0.2, -0.15) is 12.7 Å². The summed E-state index contributed by atoms with van der Waals surface area (Å²) >= 11 is 0. The monoisotopic (exact) mass is 517 g/mol. The van der Waals surface area contributed by atoms with Crippen LogP contribution in [0.3, 0.4) is 0 Å². The molecule has 0 unspecified atom stereocenters. The Morgan fingerprint density at radius 3 is 2.27 bits per heavy atom. The van der Waals surface area contributed by atoms with E-state index in [-0.39, 0.29) is 18.1 Å². The van der Waals surface area contributed by atoms with E-state index >= 15 is 0 Å². The predicted octanol–water partition coefficient (Wildman–Crippen LogP) is 5.79. The molecule has 0 saturated heterocycles. The van der Waals surface area contributed by atoms with Crippen LogP contribution in [0.25, 0.3) is 21.9 Å². The molecule has 1 amide bonds. The Labute approximate surface area is 213 Å². The molecule has 5 aromatic rings. The maximum Gasteiger partial charge on any atom is 0.303 e. The molecule has 0 bridgehead atoms. The maximum atomic E-state index is 14.5. The smallest absolute Gasteiger partial charge is 0.303 e. The van der Waals surface area contributed by atoms with Gasteiger partial charge in [0.15, 0.2) is 0 Å². The highest BCUT2D eigenvalue weighted by Gasteiger charge is 2.27. The van der Waals surface area contributed by atoms with Crippen LogP contribution in [0.4, 0.5) is 15.8 Å². The van der Waals surface area contributed by atoms with Crippen molar-refractivity contribution in [3.05, 3.63) is 108 Å². The largest absolute Gasteiger partial charge is 0.456 e. The van der Waals surface area contributed by atoms with Gasteiger partial charge in [-0.3, -0.25) is 9.10 Å². The fraction of sp³-hybridized carbons (Fsp3) is 0.107. The Morgan fingerprint density at radius 1 is 0.865 bits per heavy atom. The van der Waals surface area contributed by atoms with E-state index < -0.39 is 16.0 Å². The summed E-state index contributed by atoms with van der Waals surface area (Å²) in [5, 5.41) is 4.84. The van der Waals surface area contributed by atoms with Crippen LogP contribution in [0.15, 0.2) is 95.4 Å². The summed E-state index contributed by atoms with van der Waals surface area (Å²) in [6.45, 7) is -0.105. The summed E-state index contributed by atoms with van der Waals surface area (Å²) in [4.78, 5) is 12.9. The Balaban J connectivity index is 1.35. The van der Waals surface area contributed by atoms with Gasteiger partial charge in [-0.25, -0.2) is 4.39 Å². The zero-order valence-electron chi connectivity index (χ0n) is 20.2. The summed E-state index contributed by atoms with van der Waals surface area (Å²) in [6, 6.07) is 25.4. The third-order valence-electron chi connectivity index (χ3n) is 6.04. The number of benzene rings is 4. The summed E-state index contributed by atoms with van der Waals surface area (Å²) in [7, 11) is -1.19. The zero-order valence-corrected chi connectivity index (χ0v) is 21.0. The van der Waals surface area contributed by atoms with Gasteiger partial charge in [-0.1, -0.05) is 42.5 Å². The van der Waals surface area contributed by atoms with E-state index in [1.165, 1.54) is 32.3 Å². The van der Waals surface area contributed by atoms with Gasteiger partial charge in [-0.15, -0.1) is 0 Å². The van der Waals surface area contributed by atoms with Crippen LogP contribution < -0.4 is 9.62 Å². The van der Waals surface area contributed by atoms with Gasteiger partial charge in [0, 0.05) is 42.2 Å². The molecule has 0 spiro atoms. The molecule has 0 fully saturated rings. The topological polar surface area (TPSA) is 82.9 Å². The van der Waals surface area contributed by atoms with Crippen LogP contribution in [0.1, 0.15) is 15.9 Å². The average Bonchev–Trinajstić information content (AvgIpc) is 3.26. The Kier molecular flexibility index (Phi) is 6.41. The molecule has 188 valence electrons. The quantitative estimate of drug-likeness (QED) is 0.296. The SMILES string of the molecule is CN(C)S(=O)(=O)N(Cc1ccc(C(=O)Nc2ccc3c(c2)oc2ccccc23)cc1)c1ccccc1F. The van der Waals surface area contributed by atoms with Gasteiger partial charge < -0.3 is 9.73 Å². The number of carbonyl (C=O) groups excluding carboxylic acids is 1. The molecule has 1 heterocycles. The molecule has 0 aliphatic heterocycles. The van der Waals surface area contributed by atoms with Crippen molar-refractivity contribution in [3.8, 4) is 0 Å². The van der Waals surface area contributed by atoms with E-state index in [0.717, 1.165) is 25.0 Å². The first-order chi connectivity index (χ1) is 17.7. The molecule has 0 aliphatic carbocycles. The molecule has 9 heteroatoms. The van der Waals surface area contributed by atoms with Crippen LogP contribution >= 0.6 is 0 Å². The van der Waals surface area contributed by atoms with Crippen molar-refractivity contribution >= 4 is 49.4 Å². The average molecular weight is 518 g/mol. The van der Waals surface area contributed by atoms with Crippen molar-refractivity contribution in [2.24, 2.45) is 0 Å². The number of nitrogens with one attached hydrogen (secondary N) is 1. The first kappa shape index (κ1) is 24.5. The van der Waals surface area contributed by atoms with Crippen molar-refractivity contribution in [2.75, 3.05) is 23.7 Å². The normalized spacial score (nSPS) is 11.8. The van der Waals surface area contributed by atoms with Crippen molar-refractivity contribution in [1.29, 1.82) is 0 Å². The van der Waals surface area contributed by atoms with Crippen molar-refractivity contribution < 1.29 is 22.0 Å². The van der Waals surface area contributed by atoms with Crippen LogP contribution in [-0.2, 0) is 16.8 Å². The Hall–Kier alpha value is -4.21. The van der Waals surface area contributed by atoms with Gasteiger partial charge in [0.25, 0.3) is 5.91 Å². The molecule has 0 radical (unpaired) electrons. The highest BCUT2D eigenvalue weighted by molar-refractivity contribution is 7.90. The second-order valence-corrected chi connectivity index (χ2v) is 10.8.